The summed E-state index contributed by atoms with van der Waals surface area (Å²) in [4.78, 5) is 0. The number of nitrogens with one attached hydrogen (secondary N) is 2. The third-order valence-electron chi connectivity index (χ3n) is 1.77. The Morgan fingerprint density at radius 3 is 1.43 bits per heavy atom. The van der Waals surface area contributed by atoms with E-state index in [1.165, 1.54) is 0 Å². The third-order valence-corrected chi connectivity index (χ3v) is 2.21. The lowest BCUT2D eigenvalue weighted by atomic mass is 10.3. The van der Waals surface area contributed by atoms with Crippen LogP contribution in [0.3, 0.4) is 0 Å². The minimum absolute atomic E-state index is 0.847. The van der Waals surface area contributed by atoms with Crippen molar-refractivity contribution in [3.63, 3.8) is 0 Å². The molecular formula is C10H16N2S2. The quantitative estimate of drug-likeness (QED) is 0.562. The van der Waals surface area contributed by atoms with Crippen LogP contribution in [0.4, 0.5) is 11.4 Å². The van der Waals surface area contributed by atoms with Gasteiger partial charge in [-0.05, 0) is 24.3 Å². The van der Waals surface area contributed by atoms with Gasteiger partial charge in [0.2, 0.25) is 0 Å². The number of anilines is 2. The van der Waals surface area contributed by atoms with Crippen LogP contribution in [-0.4, -0.2) is 24.6 Å². The molecule has 1 rings (SSSR count). The summed E-state index contributed by atoms with van der Waals surface area (Å²) in [5.41, 5.74) is 2.27. The first-order chi connectivity index (χ1) is 6.86. The molecule has 78 valence electrons. The predicted octanol–water partition coefficient (Wildman–Crippen LogP) is 2.37. The largest absolute Gasteiger partial charge is 0.384 e. The Morgan fingerprint density at radius 2 is 1.14 bits per heavy atom. The van der Waals surface area contributed by atoms with Gasteiger partial charge in [-0.15, -0.1) is 0 Å². The molecule has 4 heteroatoms. The van der Waals surface area contributed by atoms with Crippen LogP contribution < -0.4 is 10.6 Å². The number of hydrogen-bond acceptors (Lipinski definition) is 4. The molecule has 0 bridgehead atoms. The van der Waals surface area contributed by atoms with E-state index in [1.54, 1.807) is 0 Å². The molecule has 0 spiro atoms. The molecule has 0 atom stereocenters. The molecule has 0 aliphatic heterocycles. The summed E-state index contributed by atoms with van der Waals surface area (Å²) in [6.07, 6.45) is 0. The van der Waals surface area contributed by atoms with E-state index < -0.39 is 0 Å². The average Bonchev–Trinajstić information content (AvgIpc) is 2.25. The first-order valence-electron chi connectivity index (χ1n) is 4.66. The van der Waals surface area contributed by atoms with Gasteiger partial charge in [-0.3, -0.25) is 0 Å². The van der Waals surface area contributed by atoms with Crippen molar-refractivity contribution >= 4 is 36.6 Å². The summed E-state index contributed by atoms with van der Waals surface area (Å²) in [7, 11) is 0. The topological polar surface area (TPSA) is 24.1 Å². The minimum atomic E-state index is 0.847. The van der Waals surface area contributed by atoms with E-state index in [-0.39, 0.29) is 0 Å². The van der Waals surface area contributed by atoms with Gasteiger partial charge in [0.05, 0.1) is 0 Å². The highest BCUT2D eigenvalue weighted by Crippen LogP contribution is 2.12. The maximum absolute atomic E-state index is 4.13. The molecule has 0 unspecified atom stereocenters. The van der Waals surface area contributed by atoms with Crippen molar-refractivity contribution in [2.45, 2.75) is 0 Å². The van der Waals surface area contributed by atoms with Gasteiger partial charge in [0.15, 0.2) is 0 Å². The molecule has 2 nitrogen and oxygen atoms in total. The summed E-state index contributed by atoms with van der Waals surface area (Å²) in [6.45, 7) is 1.79. The Kier molecular flexibility index (Phi) is 5.71. The van der Waals surface area contributed by atoms with Crippen molar-refractivity contribution in [1.82, 2.24) is 0 Å². The molecule has 0 saturated carbocycles. The van der Waals surface area contributed by atoms with E-state index in [0.717, 1.165) is 36.0 Å². The molecule has 0 aliphatic carbocycles. The summed E-state index contributed by atoms with van der Waals surface area (Å²) < 4.78 is 0. The highest BCUT2D eigenvalue weighted by Gasteiger charge is 1.92. The molecule has 14 heavy (non-hydrogen) atoms. The minimum Gasteiger partial charge on any atom is -0.384 e. The molecule has 2 N–H and O–H groups in total. The Balaban J connectivity index is 2.42. The smallest absolute Gasteiger partial charge is 0.0341 e. The number of benzene rings is 1. The van der Waals surface area contributed by atoms with Gasteiger partial charge in [-0.2, -0.15) is 25.3 Å². The third kappa shape index (κ3) is 4.15. The van der Waals surface area contributed by atoms with Crippen LogP contribution in [0.1, 0.15) is 0 Å². The molecule has 1 aromatic rings. The SMILES string of the molecule is SCCNc1ccc(NCCS)cc1. The van der Waals surface area contributed by atoms with Gasteiger partial charge in [-0.25, -0.2) is 0 Å². The van der Waals surface area contributed by atoms with E-state index in [4.69, 9.17) is 0 Å². The molecule has 0 aliphatic rings. The van der Waals surface area contributed by atoms with Crippen LogP contribution >= 0.6 is 25.3 Å². The van der Waals surface area contributed by atoms with Crippen LogP contribution in [0.5, 0.6) is 0 Å². The van der Waals surface area contributed by atoms with Crippen LogP contribution in [-0.2, 0) is 0 Å². The number of hydrogen-bond donors (Lipinski definition) is 4. The van der Waals surface area contributed by atoms with Gasteiger partial charge >= 0.3 is 0 Å². The Morgan fingerprint density at radius 1 is 0.786 bits per heavy atom. The first-order valence-corrected chi connectivity index (χ1v) is 5.93. The molecule has 0 saturated heterocycles. The number of rotatable bonds is 6. The fourth-order valence-electron chi connectivity index (χ4n) is 1.11. The molecule has 0 radical (unpaired) electrons. The zero-order chi connectivity index (χ0) is 10.2. The van der Waals surface area contributed by atoms with Crippen LogP contribution in [0.25, 0.3) is 0 Å². The molecular weight excluding hydrogens is 212 g/mol. The van der Waals surface area contributed by atoms with Crippen LogP contribution in [0.2, 0.25) is 0 Å². The Labute approximate surface area is 96.3 Å². The second-order valence-corrected chi connectivity index (χ2v) is 3.77. The number of thiol groups is 2. The molecule has 0 aromatic heterocycles. The Bertz CT molecular complexity index is 222. The van der Waals surface area contributed by atoms with Gasteiger partial charge in [0.25, 0.3) is 0 Å². The zero-order valence-electron chi connectivity index (χ0n) is 8.03. The molecule has 0 fully saturated rings. The second kappa shape index (κ2) is 6.90. The maximum Gasteiger partial charge on any atom is 0.0341 e. The van der Waals surface area contributed by atoms with Crippen molar-refractivity contribution in [3.8, 4) is 0 Å². The van der Waals surface area contributed by atoms with Crippen molar-refractivity contribution in [2.75, 3.05) is 35.2 Å². The average molecular weight is 228 g/mol. The monoisotopic (exact) mass is 228 g/mol. The van der Waals surface area contributed by atoms with E-state index in [2.05, 4.69) is 60.2 Å². The summed E-state index contributed by atoms with van der Waals surface area (Å²) in [5.74, 6) is 1.69. The highest BCUT2D eigenvalue weighted by molar-refractivity contribution is 7.80. The predicted molar refractivity (Wildman–Crippen MR) is 71.1 cm³/mol. The van der Waals surface area contributed by atoms with E-state index in [0.29, 0.717) is 0 Å². The first kappa shape index (κ1) is 11.6. The Hall–Kier alpha value is -0.480. The second-order valence-electron chi connectivity index (χ2n) is 2.88. The van der Waals surface area contributed by atoms with E-state index in [1.807, 2.05) is 0 Å². The lowest BCUT2D eigenvalue weighted by Gasteiger charge is -2.07. The lowest BCUT2D eigenvalue weighted by molar-refractivity contribution is 1.22. The highest BCUT2D eigenvalue weighted by atomic mass is 32.1. The molecule has 1 aromatic carbocycles. The van der Waals surface area contributed by atoms with E-state index in [9.17, 15) is 0 Å². The molecule has 0 amide bonds. The summed E-state index contributed by atoms with van der Waals surface area (Å²) in [6, 6.07) is 8.24. The van der Waals surface area contributed by atoms with E-state index >= 15 is 0 Å². The summed E-state index contributed by atoms with van der Waals surface area (Å²) >= 11 is 8.27. The standard InChI is InChI=1S/C10H16N2S2/c13-7-5-11-9-1-2-10(4-3-9)12-6-8-14/h1-4,11-14H,5-8H2. The molecule has 0 heterocycles. The van der Waals surface area contributed by atoms with Crippen molar-refractivity contribution in [2.24, 2.45) is 0 Å². The summed E-state index contributed by atoms with van der Waals surface area (Å²) in [5, 5.41) is 6.52. The van der Waals surface area contributed by atoms with Gasteiger partial charge in [0.1, 0.15) is 0 Å². The van der Waals surface area contributed by atoms with Crippen molar-refractivity contribution in [3.05, 3.63) is 24.3 Å². The lowest BCUT2D eigenvalue weighted by Crippen LogP contribution is -2.04. The van der Waals surface area contributed by atoms with Gasteiger partial charge < -0.3 is 10.6 Å². The van der Waals surface area contributed by atoms with Gasteiger partial charge in [-0.1, -0.05) is 0 Å². The normalized spacial score (nSPS) is 9.86. The van der Waals surface area contributed by atoms with Gasteiger partial charge in [0, 0.05) is 36.0 Å². The van der Waals surface area contributed by atoms with Crippen LogP contribution in [0, 0.1) is 0 Å². The van der Waals surface area contributed by atoms with Crippen molar-refractivity contribution in [1.29, 1.82) is 0 Å². The zero-order valence-corrected chi connectivity index (χ0v) is 9.82. The fraction of sp³-hybridized carbons (Fsp3) is 0.400. The van der Waals surface area contributed by atoms with Crippen molar-refractivity contribution < 1.29 is 0 Å². The van der Waals surface area contributed by atoms with Crippen LogP contribution in [0.15, 0.2) is 24.3 Å². The maximum atomic E-state index is 4.13. The fourth-order valence-corrected chi connectivity index (χ4v) is 1.33.